The molecule has 0 saturated carbocycles. The van der Waals surface area contributed by atoms with E-state index in [0.29, 0.717) is 11.5 Å². The SMILES string of the molecule is CCC(N)CNCC1(C)CCOCC1. The van der Waals surface area contributed by atoms with Crippen molar-refractivity contribution in [3.63, 3.8) is 0 Å². The Morgan fingerprint density at radius 2 is 2.07 bits per heavy atom. The minimum atomic E-state index is 0.304. The fourth-order valence-corrected chi connectivity index (χ4v) is 1.74. The smallest absolute Gasteiger partial charge is 0.0471 e. The molecule has 3 N–H and O–H groups in total. The van der Waals surface area contributed by atoms with Crippen LogP contribution in [0.5, 0.6) is 0 Å². The van der Waals surface area contributed by atoms with Gasteiger partial charge in [-0.1, -0.05) is 13.8 Å². The van der Waals surface area contributed by atoms with E-state index in [0.717, 1.165) is 32.7 Å². The second-order valence-corrected chi connectivity index (χ2v) is 4.72. The lowest BCUT2D eigenvalue weighted by Crippen LogP contribution is -2.41. The topological polar surface area (TPSA) is 47.3 Å². The van der Waals surface area contributed by atoms with Gasteiger partial charge in [0.2, 0.25) is 0 Å². The monoisotopic (exact) mass is 200 g/mol. The molecule has 14 heavy (non-hydrogen) atoms. The molecule has 84 valence electrons. The average Bonchev–Trinajstić information content (AvgIpc) is 2.18. The fraction of sp³-hybridized carbons (Fsp3) is 1.00. The van der Waals surface area contributed by atoms with Crippen LogP contribution in [0.2, 0.25) is 0 Å². The lowest BCUT2D eigenvalue weighted by molar-refractivity contribution is 0.0241. The Morgan fingerprint density at radius 1 is 1.43 bits per heavy atom. The quantitative estimate of drug-likeness (QED) is 0.699. The van der Waals surface area contributed by atoms with Crippen LogP contribution in [0.1, 0.15) is 33.1 Å². The van der Waals surface area contributed by atoms with Crippen LogP contribution in [0.4, 0.5) is 0 Å². The van der Waals surface area contributed by atoms with E-state index < -0.39 is 0 Å². The third-order valence-corrected chi connectivity index (χ3v) is 3.18. The van der Waals surface area contributed by atoms with Crippen molar-refractivity contribution >= 4 is 0 Å². The van der Waals surface area contributed by atoms with E-state index in [1.807, 2.05) is 0 Å². The molecule has 1 atom stereocenters. The van der Waals surface area contributed by atoms with Crippen molar-refractivity contribution in [2.24, 2.45) is 11.1 Å². The first-order valence-corrected chi connectivity index (χ1v) is 5.70. The number of nitrogens with two attached hydrogens (primary N) is 1. The molecule has 1 rings (SSSR count). The average molecular weight is 200 g/mol. The number of nitrogens with one attached hydrogen (secondary N) is 1. The van der Waals surface area contributed by atoms with E-state index in [9.17, 15) is 0 Å². The highest BCUT2D eigenvalue weighted by atomic mass is 16.5. The Bertz CT molecular complexity index is 155. The number of rotatable bonds is 5. The van der Waals surface area contributed by atoms with Crippen LogP contribution in [0.15, 0.2) is 0 Å². The molecule has 1 fully saturated rings. The van der Waals surface area contributed by atoms with Crippen molar-refractivity contribution in [1.82, 2.24) is 5.32 Å². The third kappa shape index (κ3) is 3.95. The molecular weight excluding hydrogens is 176 g/mol. The molecule has 1 aliphatic heterocycles. The van der Waals surface area contributed by atoms with E-state index in [2.05, 4.69) is 19.2 Å². The summed E-state index contributed by atoms with van der Waals surface area (Å²) in [7, 11) is 0. The van der Waals surface area contributed by atoms with Crippen LogP contribution in [0.3, 0.4) is 0 Å². The van der Waals surface area contributed by atoms with Crippen molar-refractivity contribution in [2.75, 3.05) is 26.3 Å². The minimum absolute atomic E-state index is 0.304. The van der Waals surface area contributed by atoms with Gasteiger partial charge in [-0.3, -0.25) is 0 Å². The Balaban J connectivity index is 2.15. The molecule has 0 radical (unpaired) electrons. The van der Waals surface area contributed by atoms with Crippen molar-refractivity contribution in [3.8, 4) is 0 Å². The summed E-state index contributed by atoms with van der Waals surface area (Å²) in [6, 6.07) is 0.304. The second kappa shape index (κ2) is 5.69. The Kier molecular flexibility index (Phi) is 4.85. The summed E-state index contributed by atoms with van der Waals surface area (Å²) < 4.78 is 5.36. The summed E-state index contributed by atoms with van der Waals surface area (Å²) in [6.07, 6.45) is 3.38. The number of hydrogen-bond acceptors (Lipinski definition) is 3. The van der Waals surface area contributed by atoms with E-state index in [1.54, 1.807) is 0 Å². The summed E-state index contributed by atoms with van der Waals surface area (Å²) >= 11 is 0. The number of ether oxygens (including phenoxy) is 1. The summed E-state index contributed by atoms with van der Waals surface area (Å²) in [4.78, 5) is 0. The van der Waals surface area contributed by atoms with Gasteiger partial charge in [-0.05, 0) is 24.7 Å². The highest BCUT2D eigenvalue weighted by Crippen LogP contribution is 2.28. The van der Waals surface area contributed by atoms with Crippen molar-refractivity contribution < 1.29 is 4.74 Å². The summed E-state index contributed by atoms with van der Waals surface area (Å²) in [5.41, 5.74) is 6.27. The van der Waals surface area contributed by atoms with Gasteiger partial charge in [0.25, 0.3) is 0 Å². The summed E-state index contributed by atoms with van der Waals surface area (Å²) in [5.74, 6) is 0. The van der Waals surface area contributed by atoms with Crippen LogP contribution < -0.4 is 11.1 Å². The zero-order chi connectivity index (χ0) is 10.4. The lowest BCUT2D eigenvalue weighted by Gasteiger charge is -2.34. The van der Waals surface area contributed by atoms with Gasteiger partial charge < -0.3 is 15.8 Å². The second-order valence-electron chi connectivity index (χ2n) is 4.72. The molecule has 0 aromatic heterocycles. The molecular formula is C11H24N2O. The van der Waals surface area contributed by atoms with Crippen LogP contribution in [0, 0.1) is 5.41 Å². The van der Waals surface area contributed by atoms with E-state index >= 15 is 0 Å². The standard InChI is InChI=1S/C11H24N2O/c1-3-10(12)8-13-9-11(2)4-6-14-7-5-11/h10,13H,3-9,12H2,1-2H3. The first-order chi connectivity index (χ1) is 6.66. The van der Waals surface area contributed by atoms with Gasteiger partial charge in [0, 0.05) is 32.3 Å². The van der Waals surface area contributed by atoms with Gasteiger partial charge in [0.15, 0.2) is 0 Å². The molecule has 3 heteroatoms. The molecule has 0 spiro atoms. The Hall–Kier alpha value is -0.120. The van der Waals surface area contributed by atoms with Crippen LogP contribution >= 0.6 is 0 Å². The Morgan fingerprint density at radius 3 is 2.64 bits per heavy atom. The molecule has 1 heterocycles. The molecule has 0 aliphatic carbocycles. The Labute approximate surface area is 87.4 Å². The third-order valence-electron chi connectivity index (χ3n) is 3.18. The van der Waals surface area contributed by atoms with Gasteiger partial charge in [0.1, 0.15) is 0 Å². The van der Waals surface area contributed by atoms with Crippen molar-refractivity contribution in [3.05, 3.63) is 0 Å². The molecule has 0 aromatic carbocycles. The van der Waals surface area contributed by atoms with Crippen LogP contribution in [-0.2, 0) is 4.74 Å². The predicted molar refractivity (Wildman–Crippen MR) is 59.3 cm³/mol. The molecule has 0 aromatic rings. The largest absolute Gasteiger partial charge is 0.381 e. The normalized spacial score (nSPS) is 23.4. The first kappa shape index (κ1) is 12.0. The van der Waals surface area contributed by atoms with Crippen LogP contribution in [-0.4, -0.2) is 32.3 Å². The summed E-state index contributed by atoms with van der Waals surface area (Å²) in [5, 5.41) is 3.47. The van der Waals surface area contributed by atoms with Crippen LogP contribution in [0.25, 0.3) is 0 Å². The maximum absolute atomic E-state index is 5.84. The predicted octanol–water partition coefficient (Wildman–Crippen LogP) is 1.13. The van der Waals surface area contributed by atoms with E-state index in [-0.39, 0.29) is 0 Å². The van der Waals surface area contributed by atoms with Gasteiger partial charge in [-0.15, -0.1) is 0 Å². The van der Waals surface area contributed by atoms with Crippen molar-refractivity contribution in [2.45, 2.75) is 39.2 Å². The van der Waals surface area contributed by atoms with Gasteiger partial charge in [-0.25, -0.2) is 0 Å². The molecule has 0 amide bonds. The lowest BCUT2D eigenvalue weighted by atomic mass is 9.82. The first-order valence-electron chi connectivity index (χ1n) is 5.70. The molecule has 1 saturated heterocycles. The van der Waals surface area contributed by atoms with Gasteiger partial charge in [-0.2, -0.15) is 0 Å². The van der Waals surface area contributed by atoms with E-state index in [1.165, 1.54) is 12.8 Å². The molecule has 1 unspecified atom stereocenters. The zero-order valence-electron chi connectivity index (χ0n) is 9.51. The molecule has 3 nitrogen and oxygen atoms in total. The van der Waals surface area contributed by atoms with Crippen molar-refractivity contribution in [1.29, 1.82) is 0 Å². The fourth-order valence-electron chi connectivity index (χ4n) is 1.74. The highest BCUT2D eigenvalue weighted by molar-refractivity contribution is 4.80. The maximum Gasteiger partial charge on any atom is 0.0471 e. The van der Waals surface area contributed by atoms with Gasteiger partial charge in [0.05, 0.1) is 0 Å². The molecule has 0 bridgehead atoms. The van der Waals surface area contributed by atoms with E-state index in [4.69, 9.17) is 10.5 Å². The highest BCUT2D eigenvalue weighted by Gasteiger charge is 2.26. The number of hydrogen-bond donors (Lipinski definition) is 2. The minimum Gasteiger partial charge on any atom is -0.381 e. The maximum atomic E-state index is 5.84. The van der Waals surface area contributed by atoms with Gasteiger partial charge >= 0.3 is 0 Å². The summed E-state index contributed by atoms with van der Waals surface area (Å²) in [6.45, 7) is 8.30. The molecule has 1 aliphatic rings. The zero-order valence-corrected chi connectivity index (χ0v) is 9.51.